The molecule has 21 heavy (non-hydrogen) atoms. The van der Waals surface area contributed by atoms with Crippen LogP contribution in [0.1, 0.15) is 18.1 Å². The minimum absolute atomic E-state index is 0.0613. The van der Waals surface area contributed by atoms with E-state index in [1.807, 2.05) is 43.0 Å². The third kappa shape index (κ3) is 4.29. The molecular formula is C16H22N2O3. The number of carboxylic acids is 1. The van der Waals surface area contributed by atoms with Gasteiger partial charge in [-0.2, -0.15) is 0 Å². The van der Waals surface area contributed by atoms with Gasteiger partial charge in [-0.15, -0.1) is 0 Å². The fourth-order valence-corrected chi connectivity index (χ4v) is 2.68. The maximum absolute atomic E-state index is 11.9. The van der Waals surface area contributed by atoms with Crippen LogP contribution in [0.5, 0.6) is 0 Å². The molecule has 1 fully saturated rings. The lowest BCUT2D eigenvalue weighted by atomic mass is 9.99. The minimum atomic E-state index is -0.773. The average Bonchev–Trinajstić information content (AvgIpc) is 2.79. The Bertz CT molecular complexity index is 513. The van der Waals surface area contributed by atoms with Gasteiger partial charge in [-0.05, 0) is 18.4 Å². The predicted octanol–water partition coefficient (Wildman–Crippen LogP) is 1.26. The van der Waals surface area contributed by atoms with E-state index in [9.17, 15) is 9.59 Å². The van der Waals surface area contributed by atoms with Crippen molar-refractivity contribution in [3.63, 3.8) is 0 Å². The second-order valence-electron chi connectivity index (χ2n) is 5.88. The van der Waals surface area contributed by atoms with Crippen LogP contribution in [0.4, 0.5) is 0 Å². The standard InChI is InChI=1S/C16H22N2O3/c1-11-3-5-13(6-4-11)7-17-15(19)10-18-8-12(2)14(9-18)16(20)21/h3-6,12,14H,7-10H2,1-2H3,(H,17,19)(H,20,21)/t12-,14-/m1/s1. The fourth-order valence-electron chi connectivity index (χ4n) is 2.68. The molecule has 0 radical (unpaired) electrons. The number of nitrogens with one attached hydrogen (secondary N) is 1. The largest absolute Gasteiger partial charge is 0.481 e. The highest BCUT2D eigenvalue weighted by Crippen LogP contribution is 2.22. The molecule has 0 aliphatic carbocycles. The first-order valence-electron chi connectivity index (χ1n) is 7.23. The summed E-state index contributed by atoms with van der Waals surface area (Å²) >= 11 is 0. The van der Waals surface area contributed by atoms with Crippen molar-refractivity contribution in [3.8, 4) is 0 Å². The molecule has 2 atom stereocenters. The zero-order valence-electron chi connectivity index (χ0n) is 12.5. The van der Waals surface area contributed by atoms with E-state index in [0.717, 1.165) is 5.56 Å². The number of carbonyl (C=O) groups excluding carboxylic acids is 1. The van der Waals surface area contributed by atoms with Crippen molar-refractivity contribution in [1.29, 1.82) is 0 Å². The zero-order chi connectivity index (χ0) is 15.4. The number of nitrogens with zero attached hydrogens (tertiary/aromatic N) is 1. The highest BCUT2D eigenvalue weighted by Gasteiger charge is 2.35. The predicted molar refractivity (Wildman–Crippen MR) is 79.8 cm³/mol. The Balaban J connectivity index is 1.77. The Morgan fingerprint density at radius 3 is 2.52 bits per heavy atom. The summed E-state index contributed by atoms with van der Waals surface area (Å²) in [6.07, 6.45) is 0. The normalized spacial score (nSPS) is 22.2. The molecule has 2 N–H and O–H groups in total. The molecule has 1 amide bonds. The number of benzene rings is 1. The summed E-state index contributed by atoms with van der Waals surface area (Å²) in [6, 6.07) is 8.02. The van der Waals surface area contributed by atoms with Gasteiger partial charge in [-0.1, -0.05) is 36.8 Å². The Hall–Kier alpha value is -1.88. The number of carbonyl (C=O) groups is 2. The molecule has 1 aliphatic heterocycles. The second-order valence-corrected chi connectivity index (χ2v) is 5.88. The number of aryl methyl sites for hydroxylation is 1. The monoisotopic (exact) mass is 290 g/mol. The summed E-state index contributed by atoms with van der Waals surface area (Å²) in [5.41, 5.74) is 2.25. The van der Waals surface area contributed by atoms with E-state index in [2.05, 4.69) is 5.32 Å². The average molecular weight is 290 g/mol. The molecule has 0 spiro atoms. The van der Waals surface area contributed by atoms with E-state index in [4.69, 9.17) is 5.11 Å². The van der Waals surface area contributed by atoms with Crippen LogP contribution in [0.25, 0.3) is 0 Å². The van der Waals surface area contributed by atoms with Crippen molar-refractivity contribution < 1.29 is 14.7 Å². The molecule has 0 bridgehead atoms. The van der Waals surface area contributed by atoms with E-state index in [1.165, 1.54) is 5.56 Å². The van der Waals surface area contributed by atoms with Crippen molar-refractivity contribution in [2.24, 2.45) is 11.8 Å². The molecule has 1 aromatic carbocycles. The maximum atomic E-state index is 11.9. The highest BCUT2D eigenvalue weighted by atomic mass is 16.4. The van der Waals surface area contributed by atoms with Crippen molar-refractivity contribution in [2.45, 2.75) is 20.4 Å². The van der Waals surface area contributed by atoms with Crippen LogP contribution in [0.15, 0.2) is 24.3 Å². The Labute approximate surface area is 125 Å². The number of amides is 1. The van der Waals surface area contributed by atoms with Crippen LogP contribution in [-0.2, 0) is 16.1 Å². The quantitative estimate of drug-likeness (QED) is 0.856. The van der Waals surface area contributed by atoms with Gasteiger partial charge in [-0.3, -0.25) is 14.5 Å². The van der Waals surface area contributed by atoms with Gasteiger partial charge < -0.3 is 10.4 Å². The highest BCUT2D eigenvalue weighted by molar-refractivity contribution is 5.78. The van der Waals surface area contributed by atoms with E-state index in [1.54, 1.807) is 0 Å². The molecule has 114 valence electrons. The van der Waals surface area contributed by atoms with Crippen LogP contribution < -0.4 is 5.32 Å². The number of likely N-dealkylation sites (tertiary alicyclic amines) is 1. The van der Waals surface area contributed by atoms with Gasteiger partial charge in [0.15, 0.2) is 0 Å². The summed E-state index contributed by atoms with van der Waals surface area (Å²) in [5, 5.41) is 12.0. The molecule has 5 heteroatoms. The van der Waals surface area contributed by atoms with Crippen LogP contribution in [0.3, 0.4) is 0 Å². The smallest absolute Gasteiger partial charge is 0.308 e. The minimum Gasteiger partial charge on any atom is -0.481 e. The molecule has 1 heterocycles. The first kappa shape index (κ1) is 15.5. The number of rotatable bonds is 5. The molecular weight excluding hydrogens is 268 g/mol. The molecule has 1 aliphatic rings. The molecule has 5 nitrogen and oxygen atoms in total. The van der Waals surface area contributed by atoms with Crippen molar-refractivity contribution >= 4 is 11.9 Å². The first-order chi connectivity index (χ1) is 9.95. The Kier molecular flexibility index (Phi) is 4.96. The van der Waals surface area contributed by atoms with Gasteiger partial charge in [0.25, 0.3) is 0 Å². The molecule has 1 aromatic rings. The summed E-state index contributed by atoms with van der Waals surface area (Å²) in [7, 11) is 0. The van der Waals surface area contributed by atoms with Crippen molar-refractivity contribution in [2.75, 3.05) is 19.6 Å². The Morgan fingerprint density at radius 2 is 1.95 bits per heavy atom. The molecule has 0 unspecified atom stereocenters. The third-order valence-electron chi connectivity index (χ3n) is 3.98. The molecule has 1 saturated heterocycles. The van der Waals surface area contributed by atoms with Crippen LogP contribution in [-0.4, -0.2) is 41.5 Å². The number of hydrogen-bond acceptors (Lipinski definition) is 3. The Morgan fingerprint density at radius 1 is 1.29 bits per heavy atom. The number of aliphatic carboxylic acids is 1. The van der Waals surface area contributed by atoms with Gasteiger partial charge in [0, 0.05) is 19.6 Å². The van der Waals surface area contributed by atoms with Crippen LogP contribution in [0.2, 0.25) is 0 Å². The summed E-state index contributed by atoms with van der Waals surface area (Å²) in [6.45, 7) is 5.83. The fraction of sp³-hybridized carbons (Fsp3) is 0.500. The van der Waals surface area contributed by atoms with E-state index in [-0.39, 0.29) is 24.3 Å². The zero-order valence-corrected chi connectivity index (χ0v) is 12.5. The van der Waals surface area contributed by atoms with Crippen LogP contribution in [0, 0.1) is 18.8 Å². The number of hydrogen-bond donors (Lipinski definition) is 2. The van der Waals surface area contributed by atoms with Crippen molar-refractivity contribution in [3.05, 3.63) is 35.4 Å². The van der Waals surface area contributed by atoms with E-state index < -0.39 is 5.97 Å². The van der Waals surface area contributed by atoms with Gasteiger partial charge in [0.2, 0.25) is 5.91 Å². The lowest BCUT2D eigenvalue weighted by Gasteiger charge is -2.15. The van der Waals surface area contributed by atoms with Gasteiger partial charge in [-0.25, -0.2) is 0 Å². The van der Waals surface area contributed by atoms with E-state index in [0.29, 0.717) is 19.6 Å². The van der Waals surface area contributed by atoms with Crippen LogP contribution >= 0.6 is 0 Å². The SMILES string of the molecule is Cc1ccc(CNC(=O)CN2C[C@@H](C)[C@H](C(=O)O)C2)cc1. The first-order valence-corrected chi connectivity index (χ1v) is 7.23. The summed E-state index contributed by atoms with van der Waals surface area (Å²) < 4.78 is 0. The second kappa shape index (κ2) is 6.72. The maximum Gasteiger partial charge on any atom is 0.308 e. The summed E-state index contributed by atoms with van der Waals surface area (Å²) in [5.74, 6) is -1.11. The van der Waals surface area contributed by atoms with Gasteiger partial charge in [0.05, 0.1) is 12.5 Å². The van der Waals surface area contributed by atoms with Gasteiger partial charge in [0.1, 0.15) is 0 Å². The molecule has 0 saturated carbocycles. The number of carboxylic acid groups (broad SMARTS) is 1. The van der Waals surface area contributed by atoms with Crippen molar-refractivity contribution in [1.82, 2.24) is 10.2 Å². The van der Waals surface area contributed by atoms with Gasteiger partial charge >= 0.3 is 5.97 Å². The topological polar surface area (TPSA) is 69.6 Å². The lowest BCUT2D eigenvalue weighted by Crippen LogP contribution is -2.36. The lowest BCUT2D eigenvalue weighted by molar-refractivity contribution is -0.142. The third-order valence-corrected chi connectivity index (χ3v) is 3.98. The molecule has 0 aromatic heterocycles. The van der Waals surface area contributed by atoms with E-state index >= 15 is 0 Å². The molecule has 2 rings (SSSR count). The summed E-state index contributed by atoms with van der Waals surface area (Å²) in [4.78, 5) is 24.9.